The van der Waals surface area contributed by atoms with Crippen molar-refractivity contribution in [2.45, 2.75) is 41.3 Å². The number of hydrogen-bond acceptors (Lipinski definition) is 6. The van der Waals surface area contributed by atoms with Gasteiger partial charge < -0.3 is 15.4 Å². The van der Waals surface area contributed by atoms with Crippen LogP contribution in [0.1, 0.15) is 19.3 Å². The lowest BCUT2D eigenvalue weighted by molar-refractivity contribution is -0.122. The van der Waals surface area contributed by atoms with Crippen LogP contribution in [-0.2, 0) is 14.3 Å². The summed E-state index contributed by atoms with van der Waals surface area (Å²) in [7, 11) is 0. The van der Waals surface area contributed by atoms with E-state index >= 15 is 0 Å². The Morgan fingerprint density at radius 2 is 2.19 bits per heavy atom. The maximum atomic E-state index is 12.3. The van der Waals surface area contributed by atoms with Crippen LogP contribution in [0.2, 0.25) is 0 Å². The Kier molecular flexibility index (Phi) is 7.08. The molecule has 0 saturated carbocycles. The molecule has 2 aliphatic rings. The molecule has 146 valence electrons. The number of benzene rings is 1. The van der Waals surface area contributed by atoms with E-state index in [2.05, 4.69) is 15.6 Å². The summed E-state index contributed by atoms with van der Waals surface area (Å²) in [5.74, 6) is -3.05. The van der Waals surface area contributed by atoms with Gasteiger partial charge in [-0.1, -0.05) is 23.5 Å². The van der Waals surface area contributed by atoms with Crippen LogP contribution < -0.4 is 10.6 Å². The van der Waals surface area contributed by atoms with E-state index < -0.39 is 11.0 Å². The predicted molar refractivity (Wildman–Crippen MR) is 102 cm³/mol. The van der Waals surface area contributed by atoms with Crippen molar-refractivity contribution in [2.24, 2.45) is 4.99 Å². The molecule has 0 spiro atoms. The highest BCUT2D eigenvalue weighted by molar-refractivity contribution is 8.15. The van der Waals surface area contributed by atoms with Gasteiger partial charge in [0.05, 0.1) is 12.6 Å². The van der Waals surface area contributed by atoms with Crippen molar-refractivity contribution >= 4 is 46.2 Å². The first-order valence-corrected chi connectivity index (χ1v) is 10.2. The van der Waals surface area contributed by atoms with Crippen LogP contribution in [0, 0.1) is 0 Å². The summed E-state index contributed by atoms with van der Waals surface area (Å²) < 4.78 is 30.1. The van der Waals surface area contributed by atoms with E-state index in [1.54, 1.807) is 12.1 Å². The third kappa shape index (κ3) is 6.18. The standard InChI is InChI=1S/C17H19F2N3O3S2/c18-16(19)26-12-5-3-10(4-6-12)21-14(23)8-13-15(24)22-17(27-13)20-9-11-2-1-7-25-11/h3-6,11,13,16H,1-2,7-9H2,(H,21,23)(H,20,22,24)/t11-,13+/m1/s1. The maximum Gasteiger partial charge on any atom is 0.288 e. The molecule has 0 radical (unpaired) electrons. The van der Waals surface area contributed by atoms with Gasteiger partial charge in [-0.3, -0.25) is 14.6 Å². The van der Waals surface area contributed by atoms with Crippen molar-refractivity contribution in [1.82, 2.24) is 5.32 Å². The molecular formula is C17H19F2N3O3S2. The molecule has 2 amide bonds. The van der Waals surface area contributed by atoms with Gasteiger partial charge in [-0.25, -0.2) is 0 Å². The zero-order valence-corrected chi connectivity index (χ0v) is 16.0. The van der Waals surface area contributed by atoms with Gasteiger partial charge >= 0.3 is 0 Å². The molecule has 1 aromatic carbocycles. The molecule has 2 N–H and O–H groups in total. The molecule has 1 aromatic rings. The van der Waals surface area contributed by atoms with Crippen molar-refractivity contribution in [3.63, 3.8) is 0 Å². The first kappa shape index (κ1) is 20.1. The van der Waals surface area contributed by atoms with Gasteiger partial charge in [0.2, 0.25) is 11.8 Å². The number of carbonyl (C=O) groups excluding carboxylic acids is 2. The lowest BCUT2D eigenvalue weighted by Crippen LogP contribution is -2.28. The van der Waals surface area contributed by atoms with Crippen LogP contribution in [0.25, 0.3) is 0 Å². The monoisotopic (exact) mass is 415 g/mol. The zero-order chi connectivity index (χ0) is 19.2. The van der Waals surface area contributed by atoms with E-state index in [1.165, 1.54) is 23.9 Å². The van der Waals surface area contributed by atoms with Gasteiger partial charge in [-0.15, -0.1) is 0 Å². The molecule has 6 nitrogen and oxygen atoms in total. The fraction of sp³-hybridized carbons (Fsp3) is 0.471. The van der Waals surface area contributed by atoms with Gasteiger partial charge in [0.25, 0.3) is 5.76 Å². The molecule has 2 atom stereocenters. The number of nitrogens with one attached hydrogen (secondary N) is 2. The molecule has 2 fully saturated rings. The van der Waals surface area contributed by atoms with Crippen molar-refractivity contribution in [1.29, 1.82) is 0 Å². The Labute approximate surface area is 163 Å². The van der Waals surface area contributed by atoms with Crippen molar-refractivity contribution < 1.29 is 23.1 Å². The molecule has 2 heterocycles. The number of alkyl halides is 2. The number of rotatable bonds is 7. The Balaban J connectivity index is 1.47. The topological polar surface area (TPSA) is 79.8 Å². The zero-order valence-electron chi connectivity index (χ0n) is 14.3. The van der Waals surface area contributed by atoms with Crippen LogP contribution in [0.5, 0.6) is 0 Å². The Morgan fingerprint density at radius 1 is 1.41 bits per heavy atom. The summed E-state index contributed by atoms with van der Waals surface area (Å²) in [6.07, 6.45) is 2.10. The van der Waals surface area contributed by atoms with Gasteiger partial charge in [0.1, 0.15) is 5.25 Å². The smallest absolute Gasteiger partial charge is 0.288 e. The molecule has 3 rings (SSSR count). The molecule has 10 heteroatoms. The average molecular weight is 415 g/mol. The number of ether oxygens (including phenoxy) is 1. The number of halogens is 2. The minimum Gasteiger partial charge on any atom is -0.376 e. The summed E-state index contributed by atoms with van der Waals surface area (Å²) in [6, 6.07) is 6.14. The predicted octanol–water partition coefficient (Wildman–Crippen LogP) is 3.10. The highest BCUT2D eigenvalue weighted by Gasteiger charge is 2.32. The van der Waals surface area contributed by atoms with E-state index in [-0.39, 0.29) is 24.3 Å². The van der Waals surface area contributed by atoms with Crippen molar-refractivity contribution in [3.05, 3.63) is 24.3 Å². The summed E-state index contributed by atoms with van der Waals surface area (Å²) in [5.41, 5.74) is 0.495. The van der Waals surface area contributed by atoms with Gasteiger partial charge in [0, 0.05) is 23.6 Å². The molecular weight excluding hydrogens is 396 g/mol. The SMILES string of the molecule is O=C(C[C@@H]1SC(=NC[C@H]2CCCO2)NC1=O)Nc1ccc(SC(F)F)cc1. The number of hydrogen-bond donors (Lipinski definition) is 2. The van der Waals surface area contributed by atoms with Gasteiger partial charge in [-0.05, 0) is 37.1 Å². The summed E-state index contributed by atoms with van der Waals surface area (Å²) >= 11 is 1.68. The molecule has 0 aliphatic carbocycles. The quantitative estimate of drug-likeness (QED) is 0.669. The van der Waals surface area contributed by atoms with Gasteiger partial charge in [-0.2, -0.15) is 8.78 Å². The van der Waals surface area contributed by atoms with E-state index in [4.69, 9.17) is 4.74 Å². The van der Waals surface area contributed by atoms with Crippen LogP contribution in [0.3, 0.4) is 0 Å². The van der Waals surface area contributed by atoms with Gasteiger partial charge in [0.15, 0.2) is 5.17 Å². The van der Waals surface area contributed by atoms with Crippen LogP contribution in [0.4, 0.5) is 14.5 Å². The van der Waals surface area contributed by atoms with E-state index in [9.17, 15) is 18.4 Å². The number of amidine groups is 1. The number of aliphatic imine (C=N–C) groups is 1. The second kappa shape index (κ2) is 9.52. The Bertz CT molecular complexity index is 710. The number of nitrogens with zero attached hydrogens (tertiary/aromatic N) is 1. The van der Waals surface area contributed by atoms with Crippen molar-refractivity contribution in [3.8, 4) is 0 Å². The van der Waals surface area contributed by atoms with Crippen molar-refractivity contribution in [2.75, 3.05) is 18.5 Å². The molecule has 0 unspecified atom stereocenters. The van der Waals surface area contributed by atoms with Crippen LogP contribution in [-0.4, -0.2) is 47.2 Å². The first-order chi connectivity index (χ1) is 13.0. The van der Waals surface area contributed by atoms with Crippen LogP contribution >= 0.6 is 23.5 Å². The lowest BCUT2D eigenvalue weighted by atomic mass is 10.2. The molecule has 2 aliphatic heterocycles. The first-order valence-electron chi connectivity index (χ1n) is 8.48. The molecule has 27 heavy (non-hydrogen) atoms. The minimum absolute atomic E-state index is 0.00296. The highest BCUT2D eigenvalue weighted by Crippen LogP contribution is 2.27. The summed E-state index contributed by atoms with van der Waals surface area (Å²) in [6.45, 7) is 1.25. The second-order valence-corrected chi connectivity index (χ2v) is 8.29. The second-order valence-electron chi connectivity index (χ2n) is 6.03. The van der Waals surface area contributed by atoms with E-state index in [0.29, 0.717) is 34.1 Å². The Hall–Kier alpha value is -1.65. The normalized spacial score (nSPS) is 23.8. The number of anilines is 1. The highest BCUT2D eigenvalue weighted by atomic mass is 32.2. The average Bonchev–Trinajstić information content (AvgIpc) is 3.24. The van der Waals surface area contributed by atoms with Crippen LogP contribution in [0.15, 0.2) is 34.2 Å². The largest absolute Gasteiger partial charge is 0.376 e. The fourth-order valence-corrected chi connectivity index (χ4v) is 4.17. The molecule has 0 aromatic heterocycles. The third-order valence-corrected chi connectivity index (χ3v) is 5.82. The molecule has 2 saturated heterocycles. The Morgan fingerprint density at radius 3 is 2.85 bits per heavy atom. The summed E-state index contributed by atoms with van der Waals surface area (Å²) in [4.78, 5) is 29.0. The lowest BCUT2D eigenvalue weighted by Gasteiger charge is -2.08. The van der Waals surface area contributed by atoms with E-state index in [0.717, 1.165) is 19.4 Å². The third-order valence-electron chi connectivity index (χ3n) is 3.97. The number of thioether (sulfide) groups is 2. The number of carbonyl (C=O) groups is 2. The fourth-order valence-electron chi connectivity index (χ4n) is 2.69. The minimum atomic E-state index is -2.49. The maximum absolute atomic E-state index is 12.3. The molecule has 0 bridgehead atoms. The van der Waals surface area contributed by atoms with E-state index in [1.807, 2.05) is 0 Å². The number of amides is 2. The summed E-state index contributed by atoms with van der Waals surface area (Å²) in [5, 5.41) is 5.34.